The van der Waals surface area contributed by atoms with E-state index in [-0.39, 0.29) is 36.0 Å². The Hall–Kier alpha value is -1.51. The smallest absolute Gasteiger partial charge is 0.225 e. The van der Waals surface area contributed by atoms with Crippen LogP contribution in [0.4, 0.5) is 0 Å². The van der Waals surface area contributed by atoms with Gasteiger partial charge < -0.3 is 20.3 Å². The van der Waals surface area contributed by atoms with Crippen molar-refractivity contribution in [1.29, 1.82) is 0 Å². The number of hydrogen-bond acceptors (Lipinski definition) is 3. The Balaban J connectivity index is 0.00000450. The fraction of sp³-hybridized carbons (Fsp3) is 0.652. The van der Waals surface area contributed by atoms with Crippen molar-refractivity contribution in [1.82, 2.24) is 15.5 Å². The molecule has 1 heterocycles. The molecule has 0 aliphatic carbocycles. The van der Waals surface area contributed by atoms with E-state index in [9.17, 15) is 4.79 Å². The number of guanidine groups is 1. The summed E-state index contributed by atoms with van der Waals surface area (Å²) in [6.45, 7) is 10.6. The van der Waals surface area contributed by atoms with E-state index in [0.29, 0.717) is 18.5 Å². The molecular weight excluding hydrogens is 491 g/mol. The first-order valence-corrected chi connectivity index (χ1v) is 11.0. The Morgan fingerprint density at radius 1 is 1.20 bits per heavy atom. The molecule has 1 saturated heterocycles. The van der Waals surface area contributed by atoms with Crippen molar-refractivity contribution in [2.45, 2.75) is 65.5 Å². The van der Waals surface area contributed by atoms with Crippen LogP contribution in [-0.2, 0) is 4.79 Å². The van der Waals surface area contributed by atoms with Gasteiger partial charge in [-0.05, 0) is 51.7 Å². The minimum absolute atomic E-state index is 0. The van der Waals surface area contributed by atoms with Crippen molar-refractivity contribution >= 4 is 35.8 Å². The van der Waals surface area contributed by atoms with Crippen LogP contribution in [0.3, 0.4) is 0 Å². The summed E-state index contributed by atoms with van der Waals surface area (Å²) in [4.78, 5) is 18.9. The molecule has 0 aromatic heterocycles. The zero-order valence-electron chi connectivity index (χ0n) is 19.1. The van der Waals surface area contributed by atoms with Gasteiger partial charge in [0.15, 0.2) is 5.96 Å². The first-order valence-electron chi connectivity index (χ1n) is 11.0. The second-order valence-corrected chi connectivity index (χ2v) is 7.95. The summed E-state index contributed by atoms with van der Waals surface area (Å²) in [5, 5.41) is 6.85. The molecule has 1 unspecified atom stereocenters. The number of nitrogens with one attached hydrogen (secondary N) is 2. The Labute approximate surface area is 199 Å². The Bertz CT molecular complexity index is 654. The van der Waals surface area contributed by atoms with Crippen LogP contribution in [0.2, 0.25) is 0 Å². The van der Waals surface area contributed by atoms with Crippen LogP contribution < -0.4 is 15.4 Å². The van der Waals surface area contributed by atoms with Gasteiger partial charge in [0.1, 0.15) is 11.9 Å². The van der Waals surface area contributed by atoms with Crippen LogP contribution in [-0.4, -0.2) is 55.6 Å². The summed E-state index contributed by atoms with van der Waals surface area (Å²) >= 11 is 0. The molecule has 1 aromatic carbocycles. The average Bonchev–Trinajstić information content (AvgIpc) is 2.74. The highest BCUT2D eigenvalue weighted by atomic mass is 127. The van der Waals surface area contributed by atoms with Gasteiger partial charge >= 0.3 is 0 Å². The summed E-state index contributed by atoms with van der Waals surface area (Å²) in [5.41, 5.74) is 1.22. The molecule has 1 fully saturated rings. The van der Waals surface area contributed by atoms with Crippen LogP contribution in [0.5, 0.6) is 5.75 Å². The van der Waals surface area contributed by atoms with E-state index in [1.807, 2.05) is 24.0 Å². The Morgan fingerprint density at radius 2 is 1.80 bits per heavy atom. The molecule has 30 heavy (non-hydrogen) atoms. The van der Waals surface area contributed by atoms with Crippen molar-refractivity contribution in [3.8, 4) is 5.75 Å². The van der Waals surface area contributed by atoms with Gasteiger partial charge in [-0.1, -0.05) is 31.5 Å². The Kier molecular flexibility index (Phi) is 12.1. The van der Waals surface area contributed by atoms with Gasteiger partial charge in [0.2, 0.25) is 5.91 Å². The van der Waals surface area contributed by atoms with Crippen molar-refractivity contribution in [2.75, 3.05) is 26.7 Å². The second-order valence-electron chi connectivity index (χ2n) is 7.95. The quantitative estimate of drug-likeness (QED) is 0.303. The first kappa shape index (κ1) is 26.5. The first-order chi connectivity index (χ1) is 14.0. The Morgan fingerprint density at radius 3 is 2.33 bits per heavy atom. The summed E-state index contributed by atoms with van der Waals surface area (Å²) in [6, 6.07) is 8.43. The van der Waals surface area contributed by atoms with Crippen LogP contribution in [0, 0.1) is 12.8 Å². The van der Waals surface area contributed by atoms with Crippen LogP contribution in [0.1, 0.15) is 52.0 Å². The van der Waals surface area contributed by atoms with Crippen LogP contribution >= 0.6 is 24.0 Å². The molecule has 170 valence electrons. The van der Waals surface area contributed by atoms with Crippen LogP contribution in [0.25, 0.3) is 0 Å². The zero-order chi connectivity index (χ0) is 21.2. The lowest BCUT2D eigenvalue weighted by molar-refractivity contribution is -0.136. The fourth-order valence-electron chi connectivity index (χ4n) is 3.66. The molecule has 1 aromatic rings. The van der Waals surface area contributed by atoms with Gasteiger partial charge in [0.05, 0.1) is 6.54 Å². The van der Waals surface area contributed by atoms with E-state index in [1.165, 1.54) is 5.56 Å². The summed E-state index contributed by atoms with van der Waals surface area (Å²) in [6.07, 6.45) is 3.76. The summed E-state index contributed by atoms with van der Waals surface area (Å²) in [7, 11) is 1.78. The highest BCUT2D eigenvalue weighted by molar-refractivity contribution is 14.0. The van der Waals surface area contributed by atoms with Crippen molar-refractivity contribution in [2.24, 2.45) is 10.9 Å². The number of piperidine rings is 1. The number of aliphatic imine (C=N–C) groups is 1. The minimum atomic E-state index is 0. The highest BCUT2D eigenvalue weighted by Crippen LogP contribution is 2.17. The number of carbonyl (C=O) groups excluding carboxylic acids is 1. The third-order valence-corrected chi connectivity index (χ3v) is 5.62. The topological polar surface area (TPSA) is 66.0 Å². The number of halogens is 1. The molecule has 6 nitrogen and oxygen atoms in total. The molecular formula is C23H39IN4O2. The average molecular weight is 530 g/mol. The van der Waals surface area contributed by atoms with Gasteiger partial charge in [-0.2, -0.15) is 0 Å². The molecule has 2 rings (SSSR count). The normalized spacial score (nSPS) is 16.1. The molecule has 1 aliphatic heterocycles. The number of hydrogen-bond donors (Lipinski definition) is 2. The predicted molar refractivity (Wildman–Crippen MR) is 135 cm³/mol. The molecule has 7 heteroatoms. The summed E-state index contributed by atoms with van der Waals surface area (Å²) < 4.78 is 5.95. The number of likely N-dealkylation sites (tertiary alicyclic amines) is 1. The van der Waals surface area contributed by atoms with E-state index in [0.717, 1.165) is 50.5 Å². The number of aryl methyl sites for hydroxylation is 1. The van der Waals surface area contributed by atoms with E-state index in [2.05, 4.69) is 48.5 Å². The second kappa shape index (κ2) is 13.7. The fourth-order valence-corrected chi connectivity index (χ4v) is 3.66. The minimum Gasteiger partial charge on any atom is -0.489 e. The molecule has 1 atom stereocenters. The van der Waals surface area contributed by atoms with Gasteiger partial charge in [-0.25, -0.2) is 0 Å². The highest BCUT2D eigenvalue weighted by Gasteiger charge is 2.26. The monoisotopic (exact) mass is 530 g/mol. The molecule has 1 amide bonds. The van der Waals surface area contributed by atoms with Gasteiger partial charge in [0.25, 0.3) is 0 Å². The lowest BCUT2D eigenvalue weighted by Crippen LogP contribution is -2.51. The number of carbonyl (C=O) groups is 1. The van der Waals surface area contributed by atoms with E-state index < -0.39 is 0 Å². The van der Waals surface area contributed by atoms with E-state index >= 15 is 0 Å². The number of nitrogens with zero attached hydrogens (tertiary/aromatic N) is 2. The molecule has 0 spiro atoms. The van der Waals surface area contributed by atoms with E-state index in [1.54, 1.807) is 7.05 Å². The molecule has 2 N–H and O–H groups in total. The van der Waals surface area contributed by atoms with E-state index in [4.69, 9.17) is 4.74 Å². The number of rotatable bonds is 8. The number of ether oxygens (including phenoxy) is 1. The van der Waals surface area contributed by atoms with Crippen molar-refractivity contribution in [3.63, 3.8) is 0 Å². The van der Waals surface area contributed by atoms with Gasteiger partial charge in [-0.3, -0.25) is 9.79 Å². The SMILES string of the molecule is CCC(CC)C(=O)N1CCC(NC(=NC)NCC(C)Oc2ccc(C)cc2)CC1.I. The van der Waals surface area contributed by atoms with Crippen molar-refractivity contribution in [3.05, 3.63) is 29.8 Å². The number of amides is 1. The lowest BCUT2D eigenvalue weighted by atomic mass is 9.98. The van der Waals surface area contributed by atoms with Crippen LogP contribution in [0.15, 0.2) is 29.3 Å². The largest absolute Gasteiger partial charge is 0.489 e. The maximum atomic E-state index is 12.5. The predicted octanol–water partition coefficient (Wildman–Crippen LogP) is 3.97. The van der Waals surface area contributed by atoms with Gasteiger partial charge in [-0.15, -0.1) is 24.0 Å². The lowest BCUT2D eigenvalue weighted by Gasteiger charge is -2.35. The third-order valence-electron chi connectivity index (χ3n) is 5.62. The molecule has 0 radical (unpaired) electrons. The maximum absolute atomic E-state index is 12.5. The standard InChI is InChI=1S/C23H38N4O2.HI/c1-6-19(7-2)22(28)27-14-12-20(13-15-27)26-23(24-5)25-16-18(4)29-21-10-8-17(3)9-11-21;/h8-11,18-20H,6-7,12-16H2,1-5H3,(H2,24,25,26);1H. The number of benzene rings is 1. The molecule has 1 aliphatic rings. The molecule has 0 bridgehead atoms. The van der Waals surface area contributed by atoms with Crippen molar-refractivity contribution < 1.29 is 9.53 Å². The van der Waals surface area contributed by atoms with Gasteiger partial charge in [0, 0.05) is 32.1 Å². The zero-order valence-corrected chi connectivity index (χ0v) is 21.4. The maximum Gasteiger partial charge on any atom is 0.225 e. The molecule has 0 saturated carbocycles. The summed E-state index contributed by atoms with van der Waals surface area (Å²) in [5.74, 6) is 2.15. The third kappa shape index (κ3) is 8.32.